The summed E-state index contributed by atoms with van der Waals surface area (Å²) in [5.41, 5.74) is 1.83. The van der Waals surface area contributed by atoms with Crippen molar-refractivity contribution in [1.29, 1.82) is 0 Å². The Balaban J connectivity index is 1.36. The van der Waals surface area contributed by atoms with E-state index in [2.05, 4.69) is 9.97 Å². The predicted molar refractivity (Wildman–Crippen MR) is 109 cm³/mol. The van der Waals surface area contributed by atoms with E-state index < -0.39 is 0 Å². The van der Waals surface area contributed by atoms with Gasteiger partial charge in [-0.3, -0.25) is 14.4 Å². The number of amides is 2. The topological polar surface area (TPSA) is 89.3 Å². The number of benzene rings is 1. The minimum atomic E-state index is -0.378. The van der Waals surface area contributed by atoms with Gasteiger partial charge < -0.3 is 19.8 Å². The molecular weight excluding hydrogens is 392 g/mol. The molecule has 2 aliphatic rings. The number of fused-ring (bicyclic) bond motifs is 3. The second-order valence-electron chi connectivity index (χ2n) is 7.74. The lowest BCUT2D eigenvalue weighted by Crippen LogP contribution is -2.51. The van der Waals surface area contributed by atoms with Gasteiger partial charge in [-0.15, -0.1) is 0 Å². The number of halogens is 1. The highest BCUT2D eigenvalue weighted by Gasteiger charge is 2.47. The molecule has 1 aromatic carbocycles. The van der Waals surface area contributed by atoms with Crippen molar-refractivity contribution in [2.24, 2.45) is 0 Å². The highest BCUT2D eigenvalue weighted by molar-refractivity contribution is 6.34. The molecule has 5 rings (SSSR count). The Labute approximate surface area is 171 Å². The lowest BCUT2D eigenvalue weighted by atomic mass is 10.1. The summed E-state index contributed by atoms with van der Waals surface area (Å²) in [6, 6.07) is 8.59. The number of hydrogen-bond donors (Lipinski definition) is 2. The number of pyridine rings is 1. The molecule has 2 saturated heterocycles. The molecule has 2 fully saturated rings. The molecule has 3 aromatic rings. The third-order valence-corrected chi connectivity index (χ3v) is 6.23. The summed E-state index contributed by atoms with van der Waals surface area (Å²) in [6.45, 7) is 2.64. The van der Waals surface area contributed by atoms with Crippen molar-refractivity contribution in [3.05, 3.63) is 68.7 Å². The standard InChI is InChI=1S/C21H19ClN4O3/c1-11-2-3-15(19(27)24-11)20(28)25-9-14-7-13(25)10-26(14)21(29)16-6-12-4-5-23-18(12)8-17(16)22/h2-6,8,13-14,23H,7,9-10H2,1H3,(H,24,27)/t13-,14-/m0/s1. The van der Waals surface area contributed by atoms with E-state index in [0.29, 0.717) is 35.8 Å². The number of aromatic amines is 2. The van der Waals surface area contributed by atoms with Gasteiger partial charge in [0.15, 0.2) is 0 Å². The molecule has 2 atom stereocenters. The SMILES string of the molecule is Cc1ccc(C(=O)N2C[C@@H]3C[C@H]2CN3C(=O)c2cc3cc[nH]c3cc2Cl)c(=O)[nH]1. The number of hydrogen-bond acceptors (Lipinski definition) is 3. The number of piperazine rings is 1. The zero-order valence-corrected chi connectivity index (χ0v) is 16.5. The molecule has 2 aliphatic heterocycles. The van der Waals surface area contributed by atoms with E-state index in [1.54, 1.807) is 41.0 Å². The van der Waals surface area contributed by atoms with Crippen LogP contribution in [0.15, 0.2) is 41.3 Å². The number of likely N-dealkylation sites (tertiary alicyclic amines) is 2. The van der Waals surface area contributed by atoms with Crippen LogP contribution in [0.25, 0.3) is 10.9 Å². The summed E-state index contributed by atoms with van der Waals surface area (Å²) < 4.78 is 0. The fourth-order valence-electron chi connectivity index (χ4n) is 4.45. The Morgan fingerprint density at radius 1 is 1.03 bits per heavy atom. The van der Waals surface area contributed by atoms with Crippen molar-refractivity contribution in [2.75, 3.05) is 13.1 Å². The molecule has 2 amide bonds. The van der Waals surface area contributed by atoms with Crippen LogP contribution in [-0.2, 0) is 0 Å². The molecule has 148 valence electrons. The minimum absolute atomic E-state index is 0.0704. The van der Waals surface area contributed by atoms with Crippen molar-refractivity contribution >= 4 is 34.3 Å². The van der Waals surface area contributed by atoms with E-state index in [1.165, 1.54) is 0 Å². The first-order chi connectivity index (χ1) is 13.9. The van der Waals surface area contributed by atoms with Crippen LogP contribution in [0.5, 0.6) is 0 Å². The molecule has 0 saturated carbocycles. The van der Waals surface area contributed by atoms with Crippen molar-refractivity contribution < 1.29 is 9.59 Å². The lowest BCUT2D eigenvalue weighted by Gasteiger charge is -2.34. The number of carbonyl (C=O) groups is 2. The van der Waals surface area contributed by atoms with Gasteiger partial charge in [-0.2, -0.15) is 0 Å². The van der Waals surface area contributed by atoms with Gasteiger partial charge in [0.05, 0.1) is 22.7 Å². The second-order valence-corrected chi connectivity index (χ2v) is 8.15. The number of H-pyrrole nitrogens is 2. The number of nitrogens with one attached hydrogen (secondary N) is 2. The zero-order chi connectivity index (χ0) is 20.3. The van der Waals surface area contributed by atoms with Crippen LogP contribution in [0.1, 0.15) is 32.8 Å². The fourth-order valence-corrected chi connectivity index (χ4v) is 4.70. The Hall–Kier alpha value is -3.06. The number of aromatic nitrogens is 2. The molecule has 2 aromatic heterocycles. The monoisotopic (exact) mass is 410 g/mol. The summed E-state index contributed by atoms with van der Waals surface area (Å²) in [5.74, 6) is -0.400. The maximum atomic E-state index is 13.1. The molecule has 8 heteroatoms. The van der Waals surface area contributed by atoms with Crippen molar-refractivity contribution in [1.82, 2.24) is 19.8 Å². The largest absolute Gasteiger partial charge is 0.361 e. The normalized spacial score (nSPS) is 20.6. The van der Waals surface area contributed by atoms with E-state index in [4.69, 9.17) is 11.6 Å². The first-order valence-corrected chi connectivity index (χ1v) is 9.88. The summed E-state index contributed by atoms with van der Waals surface area (Å²) >= 11 is 6.35. The molecule has 29 heavy (non-hydrogen) atoms. The van der Waals surface area contributed by atoms with Gasteiger partial charge in [0.25, 0.3) is 17.4 Å². The highest BCUT2D eigenvalue weighted by atomic mass is 35.5. The lowest BCUT2D eigenvalue weighted by molar-refractivity contribution is 0.0526. The average molecular weight is 411 g/mol. The molecule has 7 nitrogen and oxygen atoms in total. The number of carbonyl (C=O) groups excluding carboxylic acids is 2. The first-order valence-electron chi connectivity index (χ1n) is 9.51. The first kappa shape index (κ1) is 18.0. The van der Waals surface area contributed by atoms with Crippen LogP contribution >= 0.6 is 11.6 Å². The molecule has 0 unspecified atom stereocenters. The second kappa shape index (κ2) is 6.49. The van der Waals surface area contributed by atoms with E-state index in [0.717, 1.165) is 10.9 Å². The zero-order valence-electron chi connectivity index (χ0n) is 15.7. The van der Waals surface area contributed by atoms with E-state index in [-0.39, 0.29) is 35.0 Å². The number of aryl methyl sites for hydroxylation is 1. The van der Waals surface area contributed by atoms with Crippen LogP contribution < -0.4 is 5.56 Å². The minimum Gasteiger partial charge on any atom is -0.361 e. The molecule has 0 radical (unpaired) electrons. The van der Waals surface area contributed by atoms with Gasteiger partial charge in [-0.1, -0.05) is 11.6 Å². The maximum Gasteiger partial charge on any atom is 0.260 e. The van der Waals surface area contributed by atoms with Crippen molar-refractivity contribution in [2.45, 2.75) is 25.4 Å². The van der Waals surface area contributed by atoms with Gasteiger partial charge >= 0.3 is 0 Å². The van der Waals surface area contributed by atoms with E-state index in [1.807, 2.05) is 12.3 Å². The third-order valence-electron chi connectivity index (χ3n) is 5.92. The van der Waals surface area contributed by atoms with Crippen LogP contribution in [0.3, 0.4) is 0 Å². The molecule has 4 heterocycles. The highest BCUT2D eigenvalue weighted by Crippen LogP contribution is 2.34. The van der Waals surface area contributed by atoms with Crippen LogP contribution in [0.2, 0.25) is 5.02 Å². The summed E-state index contributed by atoms with van der Waals surface area (Å²) in [4.78, 5) is 47.4. The van der Waals surface area contributed by atoms with Crippen molar-refractivity contribution in [3.8, 4) is 0 Å². The van der Waals surface area contributed by atoms with Gasteiger partial charge in [-0.25, -0.2) is 0 Å². The van der Waals surface area contributed by atoms with E-state index in [9.17, 15) is 14.4 Å². The number of nitrogens with zero attached hydrogens (tertiary/aromatic N) is 2. The Morgan fingerprint density at radius 3 is 2.38 bits per heavy atom. The molecule has 2 N–H and O–H groups in total. The Bertz CT molecular complexity index is 1210. The average Bonchev–Trinajstić information content (AvgIpc) is 3.41. The third kappa shape index (κ3) is 2.84. The quantitative estimate of drug-likeness (QED) is 0.680. The molecular formula is C21H19ClN4O3. The Kier molecular flexibility index (Phi) is 4.03. The molecule has 0 spiro atoms. The predicted octanol–water partition coefficient (Wildman–Crippen LogP) is 2.56. The number of rotatable bonds is 2. The molecule has 2 bridgehead atoms. The van der Waals surface area contributed by atoms with Crippen LogP contribution in [-0.4, -0.2) is 56.8 Å². The van der Waals surface area contributed by atoms with E-state index >= 15 is 0 Å². The molecule has 0 aliphatic carbocycles. The summed E-state index contributed by atoms with van der Waals surface area (Å²) in [7, 11) is 0. The van der Waals surface area contributed by atoms with Gasteiger partial charge in [0, 0.05) is 35.9 Å². The Morgan fingerprint density at radius 2 is 1.72 bits per heavy atom. The van der Waals surface area contributed by atoms with Crippen LogP contribution in [0.4, 0.5) is 0 Å². The summed E-state index contributed by atoms with van der Waals surface area (Å²) in [5, 5.41) is 1.34. The smallest absolute Gasteiger partial charge is 0.260 e. The van der Waals surface area contributed by atoms with Gasteiger partial charge in [0.2, 0.25) is 0 Å². The fraction of sp³-hybridized carbons (Fsp3) is 0.286. The summed E-state index contributed by atoms with van der Waals surface area (Å²) in [6.07, 6.45) is 2.52. The van der Waals surface area contributed by atoms with Crippen molar-refractivity contribution in [3.63, 3.8) is 0 Å². The van der Waals surface area contributed by atoms with Gasteiger partial charge in [0.1, 0.15) is 5.56 Å². The van der Waals surface area contributed by atoms with Crippen LogP contribution in [0, 0.1) is 6.92 Å². The van der Waals surface area contributed by atoms with Gasteiger partial charge in [-0.05, 0) is 43.7 Å². The maximum absolute atomic E-state index is 13.1.